The van der Waals surface area contributed by atoms with E-state index in [1.54, 1.807) is 6.07 Å². The van der Waals surface area contributed by atoms with Crippen LogP contribution in [0.25, 0.3) is 5.65 Å². The Morgan fingerprint density at radius 2 is 1.96 bits per heavy atom. The van der Waals surface area contributed by atoms with Crippen molar-refractivity contribution < 1.29 is 23.1 Å². The number of halogens is 3. The molecule has 1 amide bonds. The number of carboxylic acid groups (broad SMARTS) is 1. The smallest absolute Gasteiger partial charge is 0.453 e. The Balaban J connectivity index is 1.80. The highest BCUT2D eigenvalue weighted by Crippen LogP contribution is 2.28. The van der Waals surface area contributed by atoms with Gasteiger partial charge < -0.3 is 14.9 Å². The number of piperidine rings is 1. The number of alkyl halides is 3. The van der Waals surface area contributed by atoms with Gasteiger partial charge in [-0.3, -0.25) is 0 Å². The summed E-state index contributed by atoms with van der Waals surface area (Å²) in [5.74, 6) is -0.788. The first-order valence-corrected chi connectivity index (χ1v) is 7.27. The first kappa shape index (κ1) is 16.3. The second kappa shape index (κ2) is 5.80. The lowest BCUT2D eigenvalue weighted by Crippen LogP contribution is -2.45. The highest BCUT2D eigenvalue weighted by atomic mass is 19.4. The molecule has 2 aromatic rings. The molecule has 24 heavy (non-hydrogen) atoms. The number of aromatic nitrogens is 4. The molecule has 0 aromatic carbocycles. The van der Waals surface area contributed by atoms with E-state index in [2.05, 4.69) is 15.3 Å². The van der Waals surface area contributed by atoms with E-state index in [1.807, 2.05) is 4.90 Å². The topological polar surface area (TPSA) is 86.9 Å². The van der Waals surface area contributed by atoms with Crippen LogP contribution < -0.4 is 4.90 Å². The Morgan fingerprint density at radius 3 is 2.54 bits per heavy atom. The minimum Gasteiger partial charge on any atom is -0.465 e. The summed E-state index contributed by atoms with van der Waals surface area (Å²) in [7, 11) is 1.51. The van der Waals surface area contributed by atoms with Gasteiger partial charge >= 0.3 is 12.3 Å². The van der Waals surface area contributed by atoms with Crippen LogP contribution in [0.5, 0.6) is 0 Å². The zero-order valence-corrected chi connectivity index (χ0v) is 12.7. The van der Waals surface area contributed by atoms with Gasteiger partial charge in [-0.15, -0.1) is 15.3 Å². The van der Waals surface area contributed by atoms with Crippen molar-refractivity contribution in [3.05, 3.63) is 18.0 Å². The van der Waals surface area contributed by atoms with E-state index in [0.29, 0.717) is 36.3 Å². The largest absolute Gasteiger partial charge is 0.465 e. The van der Waals surface area contributed by atoms with E-state index >= 15 is 0 Å². The maximum atomic E-state index is 12.9. The number of nitrogens with zero attached hydrogens (tertiary/aromatic N) is 6. The van der Waals surface area contributed by atoms with Crippen molar-refractivity contribution in [3.63, 3.8) is 0 Å². The molecule has 1 aliphatic rings. The molecule has 0 bridgehead atoms. The standard InChI is InChI=1S/C13H15F3N6O2/c1-20(12(23)24)8-4-6-21(7-5-8)10-3-2-9-17-18-11(13(14,15)16)22(9)19-10/h2-3,8H,4-7H2,1H3,(H,23,24). The second-order valence-electron chi connectivity index (χ2n) is 5.59. The van der Waals surface area contributed by atoms with Gasteiger partial charge in [-0.25, -0.2) is 4.79 Å². The van der Waals surface area contributed by atoms with Gasteiger partial charge in [0, 0.05) is 26.2 Å². The molecule has 1 fully saturated rings. The van der Waals surface area contributed by atoms with Gasteiger partial charge in [-0.2, -0.15) is 17.7 Å². The Hall–Kier alpha value is -2.59. The Labute approximate surface area is 134 Å². The van der Waals surface area contributed by atoms with E-state index in [4.69, 9.17) is 5.11 Å². The fourth-order valence-corrected chi connectivity index (χ4v) is 2.76. The number of fused-ring (bicyclic) bond motifs is 1. The van der Waals surface area contributed by atoms with Crippen molar-refractivity contribution in [3.8, 4) is 0 Å². The third kappa shape index (κ3) is 2.93. The minimum atomic E-state index is -4.64. The lowest BCUT2D eigenvalue weighted by atomic mass is 10.0. The van der Waals surface area contributed by atoms with Crippen LogP contribution in [-0.4, -0.2) is 62.1 Å². The fraction of sp³-hybridized carbons (Fsp3) is 0.538. The number of anilines is 1. The molecule has 8 nitrogen and oxygen atoms in total. The van der Waals surface area contributed by atoms with Crippen LogP contribution in [0.4, 0.5) is 23.8 Å². The van der Waals surface area contributed by atoms with Gasteiger partial charge in [0.2, 0.25) is 0 Å². The fourth-order valence-electron chi connectivity index (χ4n) is 2.76. The molecule has 0 unspecified atom stereocenters. The molecule has 0 atom stereocenters. The first-order chi connectivity index (χ1) is 11.3. The molecule has 1 aliphatic heterocycles. The van der Waals surface area contributed by atoms with Gasteiger partial charge in [-0.1, -0.05) is 0 Å². The quantitative estimate of drug-likeness (QED) is 0.893. The van der Waals surface area contributed by atoms with Crippen molar-refractivity contribution >= 4 is 17.6 Å². The molecule has 1 saturated heterocycles. The molecule has 0 spiro atoms. The van der Waals surface area contributed by atoms with E-state index in [1.165, 1.54) is 18.0 Å². The number of amides is 1. The average Bonchev–Trinajstić information content (AvgIpc) is 2.97. The molecule has 2 aromatic heterocycles. The van der Waals surface area contributed by atoms with E-state index in [-0.39, 0.29) is 11.7 Å². The first-order valence-electron chi connectivity index (χ1n) is 7.27. The summed E-state index contributed by atoms with van der Waals surface area (Å²) in [5, 5.41) is 19.6. The van der Waals surface area contributed by atoms with Crippen LogP contribution in [0.3, 0.4) is 0 Å². The number of carbonyl (C=O) groups is 1. The third-order valence-corrected chi connectivity index (χ3v) is 4.14. The van der Waals surface area contributed by atoms with Gasteiger partial charge in [0.05, 0.1) is 0 Å². The number of hydrogen-bond donors (Lipinski definition) is 1. The normalized spacial score (nSPS) is 16.6. The SMILES string of the molecule is CN(C(=O)O)C1CCN(c2ccc3nnc(C(F)(F)F)n3n2)CC1. The van der Waals surface area contributed by atoms with Crippen LogP contribution in [-0.2, 0) is 6.18 Å². The van der Waals surface area contributed by atoms with Gasteiger partial charge in [0.15, 0.2) is 5.65 Å². The van der Waals surface area contributed by atoms with Crippen molar-refractivity contribution in [2.45, 2.75) is 25.1 Å². The highest BCUT2D eigenvalue weighted by molar-refractivity contribution is 5.65. The van der Waals surface area contributed by atoms with Gasteiger partial charge in [-0.05, 0) is 25.0 Å². The van der Waals surface area contributed by atoms with Crippen LogP contribution in [0.15, 0.2) is 12.1 Å². The second-order valence-corrected chi connectivity index (χ2v) is 5.59. The lowest BCUT2D eigenvalue weighted by Gasteiger charge is -2.36. The summed E-state index contributed by atoms with van der Waals surface area (Å²) in [5.41, 5.74) is 0.0200. The predicted octanol–water partition coefficient (Wildman–Crippen LogP) is 1.72. The van der Waals surface area contributed by atoms with Gasteiger partial charge in [0.25, 0.3) is 5.82 Å². The summed E-state index contributed by atoms with van der Waals surface area (Å²) < 4.78 is 39.4. The van der Waals surface area contributed by atoms with Gasteiger partial charge in [0.1, 0.15) is 5.82 Å². The van der Waals surface area contributed by atoms with Crippen molar-refractivity contribution in [1.29, 1.82) is 0 Å². The Bertz CT molecular complexity index is 754. The Morgan fingerprint density at radius 1 is 1.29 bits per heavy atom. The number of hydrogen-bond acceptors (Lipinski definition) is 5. The Kier molecular flexibility index (Phi) is 3.93. The zero-order valence-electron chi connectivity index (χ0n) is 12.7. The molecular weight excluding hydrogens is 329 g/mol. The molecular formula is C13H15F3N6O2. The predicted molar refractivity (Wildman–Crippen MR) is 76.8 cm³/mol. The lowest BCUT2D eigenvalue weighted by molar-refractivity contribution is -0.146. The zero-order chi connectivity index (χ0) is 17.5. The van der Waals surface area contributed by atoms with Crippen LogP contribution in [0.2, 0.25) is 0 Å². The van der Waals surface area contributed by atoms with E-state index in [9.17, 15) is 18.0 Å². The minimum absolute atomic E-state index is 0.0200. The maximum absolute atomic E-state index is 12.9. The summed E-state index contributed by atoms with van der Waals surface area (Å²) in [6, 6.07) is 2.91. The summed E-state index contributed by atoms with van der Waals surface area (Å²) in [6.45, 7) is 1.01. The summed E-state index contributed by atoms with van der Waals surface area (Å²) in [6.07, 6.45) is -4.47. The summed E-state index contributed by atoms with van der Waals surface area (Å²) >= 11 is 0. The number of rotatable bonds is 2. The van der Waals surface area contributed by atoms with Crippen LogP contribution >= 0.6 is 0 Å². The van der Waals surface area contributed by atoms with Crippen molar-refractivity contribution in [1.82, 2.24) is 24.7 Å². The van der Waals surface area contributed by atoms with E-state index in [0.717, 1.165) is 0 Å². The van der Waals surface area contributed by atoms with Crippen molar-refractivity contribution in [2.24, 2.45) is 0 Å². The highest BCUT2D eigenvalue weighted by Gasteiger charge is 2.38. The molecule has 0 saturated carbocycles. The monoisotopic (exact) mass is 344 g/mol. The average molecular weight is 344 g/mol. The molecule has 0 radical (unpaired) electrons. The summed E-state index contributed by atoms with van der Waals surface area (Å²) in [4.78, 5) is 14.1. The molecule has 0 aliphatic carbocycles. The third-order valence-electron chi connectivity index (χ3n) is 4.14. The molecule has 3 heterocycles. The molecule has 3 rings (SSSR count). The molecule has 130 valence electrons. The molecule has 11 heteroatoms. The maximum Gasteiger partial charge on any atom is 0.453 e. The van der Waals surface area contributed by atoms with Crippen LogP contribution in [0, 0.1) is 0 Å². The molecule has 1 N–H and O–H groups in total. The van der Waals surface area contributed by atoms with E-state index < -0.39 is 18.1 Å². The van der Waals surface area contributed by atoms with Crippen LogP contribution in [0.1, 0.15) is 18.7 Å². The van der Waals surface area contributed by atoms with Crippen molar-refractivity contribution in [2.75, 3.05) is 25.0 Å².